The van der Waals surface area contributed by atoms with Crippen LogP contribution < -0.4 is 9.64 Å². The molecule has 0 unspecified atom stereocenters. The highest BCUT2D eigenvalue weighted by atomic mass is 19.1. The first-order valence-electron chi connectivity index (χ1n) is 14.6. The minimum atomic E-state index is -0.827. The van der Waals surface area contributed by atoms with Crippen LogP contribution in [0.1, 0.15) is 59.0 Å². The highest BCUT2D eigenvalue weighted by Gasteiger charge is 2.59. The molecule has 10 heteroatoms. The Morgan fingerprint density at radius 1 is 1.14 bits per heavy atom. The van der Waals surface area contributed by atoms with Crippen molar-refractivity contribution in [2.75, 3.05) is 4.90 Å². The minimum absolute atomic E-state index is 0.0234. The van der Waals surface area contributed by atoms with Gasteiger partial charge in [0, 0.05) is 53.3 Å². The Morgan fingerprint density at radius 3 is 2.67 bits per heavy atom. The average Bonchev–Trinajstić information content (AvgIpc) is 3.15. The maximum Gasteiger partial charge on any atom is 0.307 e. The lowest BCUT2D eigenvalue weighted by molar-refractivity contribution is -0.139. The maximum atomic E-state index is 15.0. The lowest BCUT2D eigenvalue weighted by Gasteiger charge is -2.20. The summed E-state index contributed by atoms with van der Waals surface area (Å²) in [4.78, 5) is 22.8. The molecule has 3 aliphatic rings. The van der Waals surface area contributed by atoms with Gasteiger partial charge in [0.2, 0.25) is 5.88 Å². The van der Waals surface area contributed by atoms with Crippen LogP contribution in [0, 0.1) is 31.5 Å². The molecular weight excluding hydrogens is 549 g/mol. The summed E-state index contributed by atoms with van der Waals surface area (Å²) in [7, 11) is 0. The molecule has 0 saturated heterocycles. The van der Waals surface area contributed by atoms with Crippen molar-refractivity contribution in [1.82, 2.24) is 19.7 Å². The van der Waals surface area contributed by atoms with Crippen LogP contribution in [0.25, 0.3) is 11.1 Å². The summed E-state index contributed by atoms with van der Waals surface area (Å²) in [6, 6.07) is 9.24. The Hall–Kier alpha value is -4.31. The fraction of sp³-hybridized carbons (Fsp3) is 0.394. The van der Waals surface area contributed by atoms with E-state index >= 15 is 4.39 Å². The van der Waals surface area contributed by atoms with Gasteiger partial charge in [0.15, 0.2) is 0 Å². The molecule has 4 aromatic rings. The molecule has 222 valence electrons. The number of carbonyl (C=O) groups is 1. The molecule has 0 spiro atoms. The van der Waals surface area contributed by atoms with Gasteiger partial charge in [-0.3, -0.25) is 9.48 Å². The van der Waals surface area contributed by atoms with Crippen LogP contribution in [0.3, 0.4) is 0 Å². The summed E-state index contributed by atoms with van der Waals surface area (Å²) >= 11 is 0. The zero-order chi connectivity index (χ0) is 30.2. The minimum Gasteiger partial charge on any atom is -0.481 e. The number of pyridine rings is 2. The van der Waals surface area contributed by atoms with E-state index in [0.29, 0.717) is 37.5 Å². The summed E-state index contributed by atoms with van der Waals surface area (Å²) in [5.41, 5.74) is 7.26. The van der Waals surface area contributed by atoms with Crippen LogP contribution >= 0.6 is 0 Å². The molecule has 0 amide bonds. The Balaban J connectivity index is 1.05. The lowest BCUT2D eigenvalue weighted by Crippen LogP contribution is -2.27. The van der Waals surface area contributed by atoms with Crippen molar-refractivity contribution in [2.24, 2.45) is 11.8 Å². The van der Waals surface area contributed by atoms with Crippen molar-refractivity contribution in [1.29, 1.82) is 0 Å². The number of nitrogens with zero attached hydrogens (tertiary/aromatic N) is 5. The van der Waals surface area contributed by atoms with Crippen LogP contribution in [0.4, 0.5) is 10.2 Å². The number of hydrogen-bond acceptors (Lipinski definition) is 7. The number of rotatable bonds is 8. The summed E-state index contributed by atoms with van der Waals surface area (Å²) in [6.07, 6.45) is 4.43. The Bertz CT molecular complexity index is 1750. The Kier molecular flexibility index (Phi) is 6.32. The van der Waals surface area contributed by atoms with E-state index in [1.54, 1.807) is 24.7 Å². The number of halogens is 1. The number of fused-ring (bicyclic) bond motifs is 4. The third kappa shape index (κ3) is 5.03. The van der Waals surface area contributed by atoms with E-state index in [2.05, 4.69) is 15.0 Å². The molecule has 0 radical (unpaired) electrons. The van der Waals surface area contributed by atoms with Crippen LogP contribution in [-0.2, 0) is 37.5 Å². The summed E-state index contributed by atoms with van der Waals surface area (Å²) in [5.74, 6) is 0.0855. The van der Waals surface area contributed by atoms with Crippen molar-refractivity contribution >= 4 is 11.8 Å². The lowest BCUT2D eigenvalue weighted by atomic mass is 9.97. The van der Waals surface area contributed by atoms with Crippen LogP contribution in [-0.4, -0.2) is 41.5 Å². The van der Waals surface area contributed by atoms with E-state index in [9.17, 15) is 15.0 Å². The fourth-order valence-corrected chi connectivity index (χ4v) is 6.81. The molecular formula is C33H34FN5O4. The number of aliphatic carboxylic acids is 1. The van der Waals surface area contributed by atoms with Crippen LogP contribution in [0.15, 0.2) is 42.7 Å². The Morgan fingerprint density at radius 2 is 1.95 bits per heavy atom. The van der Waals surface area contributed by atoms with E-state index in [1.807, 2.05) is 44.3 Å². The molecule has 0 bridgehead atoms. The second kappa shape index (κ2) is 9.87. The van der Waals surface area contributed by atoms with Gasteiger partial charge in [-0.25, -0.2) is 14.4 Å². The van der Waals surface area contributed by atoms with Gasteiger partial charge in [-0.15, -0.1) is 0 Å². The van der Waals surface area contributed by atoms with Crippen LogP contribution in [0.5, 0.6) is 5.88 Å². The zero-order valence-corrected chi connectivity index (χ0v) is 24.6. The first-order chi connectivity index (χ1) is 20.4. The summed E-state index contributed by atoms with van der Waals surface area (Å²) in [5, 5.41) is 24.1. The van der Waals surface area contributed by atoms with Gasteiger partial charge in [-0.1, -0.05) is 0 Å². The molecule has 43 heavy (non-hydrogen) atoms. The van der Waals surface area contributed by atoms with E-state index in [0.717, 1.165) is 50.6 Å². The second-order valence-corrected chi connectivity index (χ2v) is 12.8. The highest BCUT2D eigenvalue weighted by Crippen LogP contribution is 2.61. The van der Waals surface area contributed by atoms with Gasteiger partial charge in [0.05, 0.1) is 30.3 Å². The molecule has 1 fully saturated rings. The van der Waals surface area contributed by atoms with Crippen molar-refractivity contribution in [3.05, 3.63) is 87.7 Å². The molecule has 9 nitrogen and oxygen atoms in total. The van der Waals surface area contributed by atoms with E-state index in [1.165, 1.54) is 6.07 Å². The number of carboxylic acids is 1. The summed E-state index contributed by atoms with van der Waals surface area (Å²) < 4.78 is 22.8. The van der Waals surface area contributed by atoms with Gasteiger partial charge in [0.25, 0.3) is 0 Å². The van der Waals surface area contributed by atoms with E-state index < -0.39 is 11.6 Å². The molecule has 1 saturated carbocycles. The first-order valence-corrected chi connectivity index (χ1v) is 14.6. The molecule has 2 aliphatic carbocycles. The fourth-order valence-electron chi connectivity index (χ4n) is 6.81. The van der Waals surface area contributed by atoms with Gasteiger partial charge in [-0.2, -0.15) is 5.10 Å². The van der Waals surface area contributed by atoms with Crippen LogP contribution in [0.2, 0.25) is 0 Å². The smallest absolute Gasteiger partial charge is 0.307 e. The molecule has 1 aromatic carbocycles. The van der Waals surface area contributed by atoms with Crippen molar-refractivity contribution in [3.8, 4) is 17.0 Å². The molecule has 1 aliphatic heterocycles. The highest BCUT2D eigenvalue weighted by molar-refractivity contribution is 5.77. The third-order valence-electron chi connectivity index (χ3n) is 8.90. The number of benzene rings is 1. The predicted molar refractivity (Wildman–Crippen MR) is 157 cm³/mol. The normalized spacial score (nSPS) is 20.1. The van der Waals surface area contributed by atoms with Gasteiger partial charge in [0.1, 0.15) is 18.2 Å². The number of ether oxygens (including phenoxy) is 1. The van der Waals surface area contributed by atoms with E-state index in [4.69, 9.17) is 9.72 Å². The number of hydrogen-bond donors (Lipinski definition) is 2. The standard InChI is InChI=1S/C33H34FN5O4/c1-17-7-26(34)20(15-43-29-10-19-8-24-30(25(19)11-35-29)31(24)32(40)41)9-23(17)22-5-6-28(36-18(22)2)38-12-21-13-39(16-33(3,4)42)37-27(21)14-38/h5-7,9-11,13,24,30-31,42H,8,12,14-16H2,1-4H3,(H,40,41)/t24-,30-,31+/m1/s1. The summed E-state index contributed by atoms with van der Waals surface area (Å²) in [6.45, 7) is 9.20. The van der Waals surface area contributed by atoms with Gasteiger partial charge >= 0.3 is 5.97 Å². The molecule has 3 aromatic heterocycles. The molecule has 7 rings (SSSR count). The largest absolute Gasteiger partial charge is 0.481 e. The van der Waals surface area contributed by atoms with Gasteiger partial charge < -0.3 is 19.8 Å². The molecule has 4 heterocycles. The number of anilines is 1. The number of aliphatic hydroxyl groups is 1. The Labute approximate surface area is 249 Å². The SMILES string of the molecule is Cc1cc(F)c(COc2cc3c(cn2)[C@H]2[C@@H](C3)[C@@H]2C(=O)O)cc1-c1ccc(N2Cc3cn(CC(C)(C)O)nc3C2)nc1C. The predicted octanol–water partition coefficient (Wildman–Crippen LogP) is 4.94. The number of aromatic nitrogens is 4. The number of carboxylic acid groups (broad SMARTS) is 1. The number of aryl methyl sites for hydroxylation is 2. The molecule has 3 atom stereocenters. The van der Waals surface area contributed by atoms with Crippen molar-refractivity contribution in [3.63, 3.8) is 0 Å². The van der Waals surface area contributed by atoms with E-state index in [-0.39, 0.29) is 30.2 Å². The maximum absolute atomic E-state index is 15.0. The molecule has 2 N–H and O–H groups in total. The zero-order valence-electron chi connectivity index (χ0n) is 24.6. The quantitative estimate of drug-likeness (QED) is 0.300. The first kappa shape index (κ1) is 27.5. The van der Waals surface area contributed by atoms with Crippen molar-refractivity contribution < 1.29 is 24.1 Å². The topological polar surface area (TPSA) is 114 Å². The third-order valence-corrected chi connectivity index (χ3v) is 8.90. The van der Waals surface area contributed by atoms with Crippen molar-refractivity contribution in [2.45, 2.75) is 71.9 Å². The monoisotopic (exact) mass is 583 g/mol. The van der Waals surface area contributed by atoms with Gasteiger partial charge in [-0.05, 0) is 86.6 Å². The second-order valence-electron chi connectivity index (χ2n) is 12.8. The average molecular weight is 584 g/mol.